The molecule has 0 bridgehead atoms. The Labute approximate surface area is 98.5 Å². The maximum atomic E-state index is 9.52. The van der Waals surface area contributed by atoms with E-state index in [2.05, 4.69) is 38.9 Å². The van der Waals surface area contributed by atoms with Gasteiger partial charge in [0, 0.05) is 18.8 Å². The van der Waals surface area contributed by atoms with Crippen LogP contribution < -0.4 is 0 Å². The normalized spacial score (nSPS) is 12.4. The fourth-order valence-corrected chi connectivity index (χ4v) is 1.92. The van der Waals surface area contributed by atoms with Crippen molar-refractivity contribution in [3.05, 3.63) is 18.0 Å². The summed E-state index contributed by atoms with van der Waals surface area (Å²) in [7, 11) is 0. The van der Waals surface area contributed by atoms with E-state index in [9.17, 15) is 5.11 Å². The van der Waals surface area contributed by atoms with Crippen LogP contribution in [0.25, 0.3) is 0 Å². The average Bonchev–Trinajstić information content (AvgIpc) is 2.74. The van der Waals surface area contributed by atoms with Crippen LogP contribution in [0.5, 0.6) is 0 Å². The third kappa shape index (κ3) is 2.85. The molecule has 0 aliphatic rings. The van der Waals surface area contributed by atoms with Gasteiger partial charge in [-0.2, -0.15) is 5.10 Å². The highest BCUT2D eigenvalue weighted by molar-refractivity contribution is 5.03. The molecule has 1 aromatic rings. The lowest BCUT2D eigenvalue weighted by molar-refractivity contribution is 0.114. The molecule has 1 N–H and O–H groups in total. The second kappa shape index (κ2) is 5.48. The Morgan fingerprint density at radius 2 is 2.00 bits per heavy atom. The van der Waals surface area contributed by atoms with E-state index in [0.717, 1.165) is 25.0 Å². The van der Waals surface area contributed by atoms with Gasteiger partial charge in [-0.25, -0.2) is 0 Å². The molecule has 1 heterocycles. The molecule has 0 aromatic carbocycles. The second-order valence-corrected chi connectivity index (χ2v) is 4.92. The zero-order valence-electron chi connectivity index (χ0n) is 10.9. The maximum absolute atomic E-state index is 9.52. The third-order valence-electron chi connectivity index (χ3n) is 3.58. The summed E-state index contributed by atoms with van der Waals surface area (Å²) in [5.74, 6) is 0. The summed E-state index contributed by atoms with van der Waals surface area (Å²) in [6.07, 6.45) is 4.88. The van der Waals surface area contributed by atoms with Gasteiger partial charge in [-0.15, -0.1) is 0 Å². The van der Waals surface area contributed by atoms with Crippen molar-refractivity contribution >= 4 is 0 Å². The summed E-state index contributed by atoms with van der Waals surface area (Å²) >= 11 is 0. The summed E-state index contributed by atoms with van der Waals surface area (Å²) in [6.45, 7) is 8.76. The molecule has 0 unspecified atom stereocenters. The minimum Gasteiger partial charge on any atom is -0.396 e. The monoisotopic (exact) mass is 224 g/mol. The lowest BCUT2D eigenvalue weighted by Gasteiger charge is -2.28. The Bertz CT molecular complexity index is 305. The number of aliphatic hydroxyl groups is 1. The first kappa shape index (κ1) is 13.2. The van der Waals surface area contributed by atoms with Crippen molar-refractivity contribution in [3.63, 3.8) is 0 Å². The number of nitrogens with zero attached hydrogens (tertiary/aromatic N) is 2. The van der Waals surface area contributed by atoms with Gasteiger partial charge in [0.15, 0.2) is 0 Å². The first-order valence-corrected chi connectivity index (χ1v) is 6.21. The van der Waals surface area contributed by atoms with Gasteiger partial charge >= 0.3 is 0 Å². The summed E-state index contributed by atoms with van der Waals surface area (Å²) in [6, 6.07) is 2.47. The first-order valence-electron chi connectivity index (χ1n) is 6.21. The Kier molecular flexibility index (Phi) is 4.54. The highest BCUT2D eigenvalue weighted by atomic mass is 16.3. The standard InChI is InChI=1S/C13H24N2O/c1-5-13(6-2,10-16)9-12-7-8-15(14-12)11(3)4/h7-8,11,16H,5-6,9-10H2,1-4H3. The third-order valence-corrected chi connectivity index (χ3v) is 3.58. The predicted molar refractivity (Wildman–Crippen MR) is 66.4 cm³/mol. The summed E-state index contributed by atoms with van der Waals surface area (Å²) < 4.78 is 1.97. The molecule has 3 nitrogen and oxygen atoms in total. The molecule has 3 heteroatoms. The van der Waals surface area contributed by atoms with Gasteiger partial charge in [-0.3, -0.25) is 4.68 Å². The van der Waals surface area contributed by atoms with Gasteiger partial charge in [0.2, 0.25) is 0 Å². The van der Waals surface area contributed by atoms with E-state index in [1.165, 1.54) is 0 Å². The molecule has 0 amide bonds. The minimum absolute atomic E-state index is 0.0101. The van der Waals surface area contributed by atoms with Crippen molar-refractivity contribution in [2.24, 2.45) is 5.41 Å². The van der Waals surface area contributed by atoms with E-state index in [1.54, 1.807) is 0 Å². The highest BCUT2D eigenvalue weighted by Crippen LogP contribution is 2.29. The number of hydrogen-bond acceptors (Lipinski definition) is 2. The zero-order chi connectivity index (χ0) is 12.2. The number of aromatic nitrogens is 2. The lowest BCUT2D eigenvalue weighted by Crippen LogP contribution is -2.26. The van der Waals surface area contributed by atoms with E-state index in [0.29, 0.717) is 6.04 Å². The second-order valence-electron chi connectivity index (χ2n) is 4.92. The van der Waals surface area contributed by atoms with Crippen LogP contribution in [0, 0.1) is 5.41 Å². The molecule has 0 aliphatic carbocycles. The van der Waals surface area contributed by atoms with E-state index in [1.807, 2.05) is 10.9 Å². The Balaban J connectivity index is 2.77. The van der Waals surface area contributed by atoms with Crippen LogP contribution in [-0.4, -0.2) is 21.5 Å². The fraction of sp³-hybridized carbons (Fsp3) is 0.769. The van der Waals surface area contributed by atoms with Crippen LogP contribution in [0.3, 0.4) is 0 Å². The van der Waals surface area contributed by atoms with Crippen LogP contribution in [0.1, 0.15) is 52.3 Å². The molecular formula is C13H24N2O. The molecule has 92 valence electrons. The molecule has 0 aliphatic heterocycles. The molecule has 0 spiro atoms. The lowest BCUT2D eigenvalue weighted by atomic mass is 9.79. The topological polar surface area (TPSA) is 38.0 Å². The van der Waals surface area contributed by atoms with Gasteiger partial charge in [-0.1, -0.05) is 13.8 Å². The van der Waals surface area contributed by atoms with Crippen molar-refractivity contribution in [2.45, 2.75) is 53.0 Å². The average molecular weight is 224 g/mol. The molecular weight excluding hydrogens is 200 g/mol. The molecule has 0 radical (unpaired) electrons. The molecule has 0 fully saturated rings. The summed E-state index contributed by atoms with van der Waals surface area (Å²) in [5.41, 5.74) is 1.10. The Morgan fingerprint density at radius 1 is 1.38 bits per heavy atom. The quantitative estimate of drug-likeness (QED) is 0.807. The van der Waals surface area contributed by atoms with Crippen molar-refractivity contribution < 1.29 is 5.11 Å². The molecule has 0 saturated heterocycles. The van der Waals surface area contributed by atoms with Gasteiger partial charge in [0.25, 0.3) is 0 Å². The molecule has 0 saturated carbocycles. The van der Waals surface area contributed by atoms with Crippen LogP contribution >= 0.6 is 0 Å². The van der Waals surface area contributed by atoms with Crippen LogP contribution in [0.4, 0.5) is 0 Å². The smallest absolute Gasteiger partial charge is 0.0631 e. The number of aliphatic hydroxyl groups excluding tert-OH is 1. The van der Waals surface area contributed by atoms with Crippen molar-refractivity contribution in [2.75, 3.05) is 6.61 Å². The predicted octanol–water partition coefficient (Wildman–Crippen LogP) is 2.81. The van der Waals surface area contributed by atoms with Crippen molar-refractivity contribution in [1.82, 2.24) is 9.78 Å². The van der Waals surface area contributed by atoms with Gasteiger partial charge < -0.3 is 5.11 Å². The molecule has 16 heavy (non-hydrogen) atoms. The van der Waals surface area contributed by atoms with Crippen LogP contribution in [0.2, 0.25) is 0 Å². The minimum atomic E-state index is 0.0101. The SMILES string of the molecule is CCC(CC)(CO)Cc1ccn(C(C)C)n1. The van der Waals surface area contributed by atoms with E-state index < -0.39 is 0 Å². The first-order chi connectivity index (χ1) is 7.56. The Hall–Kier alpha value is -0.830. The van der Waals surface area contributed by atoms with Gasteiger partial charge in [0.1, 0.15) is 0 Å². The van der Waals surface area contributed by atoms with Crippen molar-refractivity contribution in [1.29, 1.82) is 0 Å². The summed E-state index contributed by atoms with van der Waals surface area (Å²) in [5, 5.41) is 14.1. The highest BCUT2D eigenvalue weighted by Gasteiger charge is 2.26. The Morgan fingerprint density at radius 3 is 2.38 bits per heavy atom. The van der Waals surface area contributed by atoms with Crippen molar-refractivity contribution in [3.8, 4) is 0 Å². The van der Waals surface area contributed by atoms with Crippen LogP contribution in [0.15, 0.2) is 12.3 Å². The number of rotatable bonds is 6. The largest absolute Gasteiger partial charge is 0.396 e. The molecule has 0 atom stereocenters. The number of hydrogen-bond donors (Lipinski definition) is 1. The van der Waals surface area contributed by atoms with Gasteiger partial charge in [0.05, 0.1) is 5.69 Å². The van der Waals surface area contributed by atoms with E-state index in [4.69, 9.17) is 0 Å². The zero-order valence-corrected chi connectivity index (χ0v) is 10.9. The summed E-state index contributed by atoms with van der Waals surface area (Å²) in [4.78, 5) is 0. The maximum Gasteiger partial charge on any atom is 0.0631 e. The van der Waals surface area contributed by atoms with E-state index in [-0.39, 0.29) is 12.0 Å². The fourth-order valence-electron chi connectivity index (χ4n) is 1.92. The van der Waals surface area contributed by atoms with E-state index >= 15 is 0 Å². The van der Waals surface area contributed by atoms with Gasteiger partial charge in [-0.05, 0) is 44.6 Å². The molecule has 1 aromatic heterocycles. The van der Waals surface area contributed by atoms with Crippen LogP contribution in [-0.2, 0) is 6.42 Å². The molecule has 1 rings (SSSR count).